The Morgan fingerprint density at radius 1 is 0.980 bits per heavy atom. The Labute approximate surface area is 289 Å². The highest BCUT2D eigenvalue weighted by Crippen LogP contribution is 2.12. The van der Waals surface area contributed by atoms with Gasteiger partial charge < -0.3 is 48.3 Å². The number of carboxylic acid groups (broad SMARTS) is 2. The van der Waals surface area contributed by atoms with Gasteiger partial charge in [-0.3, -0.25) is 33.8 Å². The number of nitrogen functional groups attached to an aromatic ring is 1. The Hall–Kier alpha value is -5.83. The number of anilines is 2. The van der Waals surface area contributed by atoms with Gasteiger partial charge in [-0.05, 0) is 37.6 Å². The van der Waals surface area contributed by atoms with E-state index in [2.05, 4.69) is 59.1 Å². The monoisotopic (exact) mass is 715 g/mol. The highest BCUT2D eigenvalue weighted by Gasteiger charge is 2.29. The number of rotatable bonds is 18. The first-order valence-corrected chi connectivity index (χ1v) is 15.6. The molecule has 1 aromatic carbocycles. The zero-order valence-corrected chi connectivity index (χ0v) is 27.5. The molecular formula is C29H37N11O9S. The van der Waals surface area contributed by atoms with E-state index in [1.54, 1.807) is 31.2 Å². The van der Waals surface area contributed by atoms with Crippen molar-refractivity contribution < 1.29 is 39.0 Å². The topological polar surface area (TPSA) is 327 Å². The van der Waals surface area contributed by atoms with Gasteiger partial charge in [-0.2, -0.15) is 17.6 Å². The number of nitrogens with one attached hydrogen (secondary N) is 6. The number of fused-ring (bicyclic) bond motifs is 1. The maximum Gasteiger partial charge on any atom is 0.327 e. The van der Waals surface area contributed by atoms with Crippen LogP contribution >= 0.6 is 12.6 Å². The van der Waals surface area contributed by atoms with E-state index in [4.69, 9.17) is 21.7 Å². The van der Waals surface area contributed by atoms with Crippen LogP contribution in [0.3, 0.4) is 0 Å². The average molecular weight is 716 g/mol. The number of aromatic nitrogens is 4. The Kier molecular flexibility index (Phi) is 14.0. The molecule has 12 N–H and O–H groups in total. The Morgan fingerprint density at radius 3 is 2.30 bits per heavy atom. The number of carbonyl (C=O) groups excluding carboxylic acids is 4. The van der Waals surface area contributed by atoms with Crippen molar-refractivity contribution in [2.75, 3.05) is 23.3 Å². The van der Waals surface area contributed by atoms with Crippen LogP contribution in [0.5, 0.6) is 0 Å². The van der Waals surface area contributed by atoms with E-state index in [0.29, 0.717) is 16.9 Å². The number of benzene rings is 1. The fraction of sp³-hybridized carbons (Fsp3) is 0.379. The van der Waals surface area contributed by atoms with Crippen LogP contribution in [0.4, 0.5) is 11.6 Å². The standard InChI is InChI=1S/C29H37N11O9S/c1-13(2-7-20(41)33-11-17(30)25(45)37-18(8-21(42)43)26(46)38-19(12-50)28(48)49)35-24(44)14-3-5-15(6-4-14)32-9-16-10-34-23-22(36-16)27(47)40-29(31)39-23/h3-6,10,13,17-19,32,50H,2,7-9,11-12,30H2,1H3,(H,33,41)(H,35,44)(H,37,45)(H,38,46)(H,42,43)(H,48,49)(H3,31,34,39,40,47)/t13-,17+,18+,19+/m1/s1. The van der Waals surface area contributed by atoms with Gasteiger partial charge in [0.25, 0.3) is 11.5 Å². The highest BCUT2D eigenvalue weighted by atomic mass is 32.1. The van der Waals surface area contributed by atoms with Gasteiger partial charge in [-0.1, -0.05) is 0 Å². The molecule has 0 aliphatic carbocycles. The number of nitrogens with zero attached hydrogens (tertiary/aromatic N) is 3. The largest absolute Gasteiger partial charge is 0.481 e. The summed E-state index contributed by atoms with van der Waals surface area (Å²) in [5.41, 5.74) is 12.5. The van der Waals surface area contributed by atoms with Crippen molar-refractivity contribution in [3.8, 4) is 0 Å². The molecule has 2 aromatic heterocycles. The number of aromatic amines is 1. The molecule has 20 nitrogen and oxygen atoms in total. The van der Waals surface area contributed by atoms with Gasteiger partial charge >= 0.3 is 11.9 Å². The summed E-state index contributed by atoms with van der Waals surface area (Å²) in [6.45, 7) is 1.59. The fourth-order valence-corrected chi connectivity index (χ4v) is 4.49. The van der Waals surface area contributed by atoms with Gasteiger partial charge in [-0.25, -0.2) is 14.8 Å². The Morgan fingerprint density at radius 2 is 1.66 bits per heavy atom. The molecule has 0 fully saturated rings. The van der Waals surface area contributed by atoms with Crippen molar-refractivity contribution in [1.29, 1.82) is 0 Å². The van der Waals surface area contributed by atoms with E-state index >= 15 is 0 Å². The Balaban J connectivity index is 1.41. The summed E-state index contributed by atoms with van der Waals surface area (Å²) < 4.78 is 0. The third-order valence-corrected chi connectivity index (χ3v) is 7.32. The van der Waals surface area contributed by atoms with E-state index in [0.717, 1.165) is 0 Å². The number of nitrogens with two attached hydrogens (primary N) is 2. The van der Waals surface area contributed by atoms with E-state index in [1.165, 1.54) is 6.20 Å². The number of carboxylic acids is 2. The van der Waals surface area contributed by atoms with Crippen LogP contribution in [0.25, 0.3) is 11.2 Å². The Bertz CT molecular complexity index is 1790. The quantitative estimate of drug-likeness (QED) is 0.0618. The van der Waals surface area contributed by atoms with Crippen LogP contribution in [0, 0.1) is 0 Å². The molecule has 0 aliphatic heterocycles. The lowest BCUT2D eigenvalue weighted by atomic mass is 10.1. The summed E-state index contributed by atoms with van der Waals surface area (Å²) in [5.74, 6) is -6.04. The summed E-state index contributed by atoms with van der Waals surface area (Å²) >= 11 is 3.81. The molecule has 0 unspecified atom stereocenters. The zero-order valence-electron chi connectivity index (χ0n) is 26.6. The third kappa shape index (κ3) is 11.7. The lowest BCUT2D eigenvalue weighted by Gasteiger charge is -2.21. The van der Waals surface area contributed by atoms with Crippen molar-refractivity contribution in [2.45, 2.75) is 56.9 Å². The summed E-state index contributed by atoms with van der Waals surface area (Å²) in [7, 11) is 0. The summed E-state index contributed by atoms with van der Waals surface area (Å²) in [5, 5.41) is 30.8. The molecule has 0 spiro atoms. The van der Waals surface area contributed by atoms with Gasteiger partial charge in [0.2, 0.25) is 23.7 Å². The van der Waals surface area contributed by atoms with Gasteiger partial charge in [0.05, 0.1) is 24.9 Å². The molecule has 268 valence electrons. The minimum Gasteiger partial charge on any atom is -0.481 e. The smallest absolute Gasteiger partial charge is 0.327 e. The van der Waals surface area contributed by atoms with Gasteiger partial charge in [0.15, 0.2) is 11.2 Å². The summed E-state index contributed by atoms with van der Waals surface area (Å²) in [6.07, 6.45) is 0.828. The van der Waals surface area contributed by atoms with Crippen molar-refractivity contribution >= 4 is 71.0 Å². The second kappa shape index (κ2) is 18.1. The van der Waals surface area contributed by atoms with E-state index in [9.17, 15) is 33.6 Å². The van der Waals surface area contributed by atoms with Crippen LogP contribution in [0.1, 0.15) is 42.2 Å². The molecule has 0 saturated heterocycles. The maximum atomic E-state index is 12.7. The summed E-state index contributed by atoms with van der Waals surface area (Å²) in [4.78, 5) is 99.0. The molecule has 50 heavy (non-hydrogen) atoms. The molecule has 2 heterocycles. The van der Waals surface area contributed by atoms with Crippen LogP contribution in [-0.4, -0.2) is 102 Å². The van der Waals surface area contributed by atoms with E-state index < -0.39 is 65.8 Å². The predicted octanol–water partition coefficient (Wildman–Crippen LogP) is -2.29. The van der Waals surface area contributed by atoms with Crippen molar-refractivity contribution in [2.24, 2.45) is 5.73 Å². The minimum atomic E-state index is -1.63. The normalized spacial score (nSPS) is 13.3. The zero-order chi connectivity index (χ0) is 37.0. The van der Waals surface area contributed by atoms with E-state index in [-0.39, 0.29) is 54.7 Å². The van der Waals surface area contributed by atoms with Gasteiger partial charge in [0, 0.05) is 36.0 Å². The maximum absolute atomic E-state index is 12.7. The average Bonchev–Trinajstić information content (AvgIpc) is 3.07. The molecule has 0 radical (unpaired) electrons. The molecule has 0 aliphatic rings. The van der Waals surface area contributed by atoms with E-state index in [1.807, 2.05) is 0 Å². The predicted molar refractivity (Wildman–Crippen MR) is 181 cm³/mol. The van der Waals surface area contributed by atoms with Crippen LogP contribution < -0.4 is 43.6 Å². The molecule has 3 rings (SSSR count). The number of thiol groups is 1. The first-order chi connectivity index (χ1) is 23.7. The van der Waals surface area contributed by atoms with Gasteiger partial charge in [-0.15, -0.1) is 0 Å². The molecule has 4 atom stereocenters. The number of amides is 4. The second-order valence-corrected chi connectivity index (χ2v) is 11.3. The van der Waals surface area contributed by atoms with Crippen molar-refractivity contribution in [3.05, 3.63) is 52.1 Å². The third-order valence-electron chi connectivity index (χ3n) is 6.95. The van der Waals surface area contributed by atoms with Gasteiger partial charge in [0.1, 0.15) is 18.1 Å². The number of H-pyrrole nitrogens is 1. The first kappa shape index (κ1) is 38.6. The number of hydrogen-bond acceptors (Lipinski definition) is 14. The minimum absolute atomic E-state index is 0.0318. The molecular weight excluding hydrogens is 678 g/mol. The molecule has 4 amide bonds. The first-order valence-electron chi connectivity index (χ1n) is 15.0. The lowest BCUT2D eigenvalue weighted by Crippen LogP contribution is -2.57. The van der Waals surface area contributed by atoms with Crippen LogP contribution in [0.15, 0.2) is 35.3 Å². The van der Waals surface area contributed by atoms with Crippen molar-refractivity contribution in [3.63, 3.8) is 0 Å². The number of carbonyl (C=O) groups is 6. The van der Waals surface area contributed by atoms with Crippen molar-refractivity contribution in [1.82, 2.24) is 41.2 Å². The fourth-order valence-electron chi connectivity index (χ4n) is 4.24. The molecule has 3 aromatic rings. The second-order valence-electron chi connectivity index (χ2n) is 11.0. The lowest BCUT2D eigenvalue weighted by molar-refractivity contribution is -0.143. The molecule has 21 heteroatoms. The van der Waals surface area contributed by atoms with Crippen LogP contribution in [0.2, 0.25) is 0 Å². The number of aliphatic carboxylic acids is 2. The molecule has 0 bridgehead atoms. The summed E-state index contributed by atoms with van der Waals surface area (Å²) in [6, 6.07) is 1.75. The number of hydrogen-bond donors (Lipinski definition) is 11. The molecule has 0 saturated carbocycles. The highest BCUT2D eigenvalue weighted by molar-refractivity contribution is 7.80. The van der Waals surface area contributed by atoms with Crippen LogP contribution in [-0.2, 0) is 30.5 Å². The SMILES string of the molecule is C[C@H](CCC(=O)NC[C@H](N)C(=O)N[C@@H](CC(=O)O)C(=O)N[C@@H](CS)C(=O)O)NC(=O)c1ccc(NCc2cnc3nc(N)[nH]c(=O)c3n2)cc1.